The normalized spacial score (nSPS) is 17.0. The van der Waals surface area contributed by atoms with E-state index in [0.717, 1.165) is 43.5 Å². The van der Waals surface area contributed by atoms with Gasteiger partial charge in [0.05, 0.1) is 5.54 Å². The van der Waals surface area contributed by atoms with Crippen molar-refractivity contribution >= 4 is 5.91 Å². The number of likely N-dealkylation sites (N-methyl/N-ethyl adjacent to an activating group) is 1. The van der Waals surface area contributed by atoms with Crippen LogP contribution in [-0.2, 0) is 11.3 Å². The monoisotopic (exact) mass is 319 g/mol. The maximum atomic E-state index is 12.4. The van der Waals surface area contributed by atoms with Crippen molar-refractivity contribution in [3.8, 4) is 5.75 Å². The van der Waals surface area contributed by atoms with Crippen LogP contribution in [0, 0.1) is 0 Å². The molecule has 1 aliphatic carbocycles. The van der Waals surface area contributed by atoms with E-state index in [1.165, 1.54) is 6.42 Å². The lowest BCUT2D eigenvalue weighted by Crippen LogP contribution is -2.54. The van der Waals surface area contributed by atoms with E-state index >= 15 is 0 Å². The molecule has 1 saturated carbocycles. The lowest BCUT2D eigenvalue weighted by molar-refractivity contribution is -0.127. The summed E-state index contributed by atoms with van der Waals surface area (Å²) in [6.45, 7) is 1.93. The van der Waals surface area contributed by atoms with E-state index < -0.39 is 5.54 Å². The molecule has 0 heterocycles. The molecule has 3 N–H and O–H groups in total. The van der Waals surface area contributed by atoms with Gasteiger partial charge in [-0.3, -0.25) is 4.79 Å². The van der Waals surface area contributed by atoms with Gasteiger partial charge in [0, 0.05) is 18.7 Å². The first-order valence-electron chi connectivity index (χ1n) is 8.44. The lowest BCUT2D eigenvalue weighted by Gasteiger charge is -2.31. The van der Waals surface area contributed by atoms with Crippen molar-refractivity contribution in [2.24, 2.45) is 5.73 Å². The highest BCUT2D eigenvalue weighted by Crippen LogP contribution is 2.26. The van der Waals surface area contributed by atoms with Crippen LogP contribution in [0.3, 0.4) is 0 Å². The zero-order valence-electron chi connectivity index (χ0n) is 14.3. The van der Waals surface area contributed by atoms with E-state index in [1.54, 1.807) is 0 Å². The highest BCUT2D eigenvalue weighted by Gasteiger charge is 2.34. The number of nitrogens with zero attached hydrogens (tertiary/aromatic N) is 1. The second-order valence-corrected chi connectivity index (χ2v) is 6.66. The van der Waals surface area contributed by atoms with Crippen LogP contribution in [0.5, 0.6) is 5.75 Å². The molecule has 1 amide bonds. The molecule has 0 aliphatic heterocycles. The SMILES string of the molecule is CN(C)CCOc1ccccc1CNC(=O)C1(N)CCCCC1. The summed E-state index contributed by atoms with van der Waals surface area (Å²) in [4.78, 5) is 14.5. The van der Waals surface area contributed by atoms with Gasteiger partial charge in [0.1, 0.15) is 12.4 Å². The molecule has 128 valence electrons. The first-order valence-corrected chi connectivity index (χ1v) is 8.44. The van der Waals surface area contributed by atoms with Crippen LogP contribution in [0.2, 0.25) is 0 Å². The predicted molar refractivity (Wildman–Crippen MR) is 92.3 cm³/mol. The number of amides is 1. The molecular weight excluding hydrogens is 290 g/mol. The van der Waals surface area contributed by atoms with Gasteiger partial charge in [-0.05, 0) is 33.0 Å². The minimum atomic E-state index is -0.695. The topological polar surface area (TPSA) is 67.6 Å². The van der Waals surface area contributed by atoms with Crippen molar-refractivity contribution < 1.29 is 9.53 Å². The summed E-state index contributed by atoms with van der Waals surface area (Å²) < 4.78 is 5.83. The molecule has 0 aromatic heterocycles. The molecule has 0 spiro atoms. The van der Waals surface area contributed by atoms with E-state index in [-0.39, 0.29) is 5.91 Å². The summed E-state index contributed by atoms with van der Waals surface area (Å²) in [6, 6.07) is 7.83. The highest BCUT2D eigenvalue weighted by molar-refractivity contribution is 5.86. The van der Waals surface area contributed by atoms with E-state index in [0.29, 0.717) is 13.2 Å². The van der Waals surface area contributed by atoms with Gasteiger partial charge >= 0.3 is 0 Å². The highest BCUT2D eigenvalue weighted by atomic mass is 16.5. The first kappa shape index (κ1) is 17.8. The van der Waals surface area contributed by atoms with Crippen molar-refractivity contribution in [3.63, 3.8) is 0 Å². The maximum Gasteiger partial charge on any atom is 0.240 e. The van der Waals surface area contributed by atoms with Crippen LogP contribution in [-0.4, -0.2) is 43.6 Å². The van der Waals surface area contributed by atoms with E-state index in [4.69, 9.17) is 10.5 Å². The van der Waals surface area contributed by atoms with Crippen molar-refractivity contribution in [1.82, 2.24) is 10.2 Å². The second-order valence-electron chi connectivity index (χ2n) is 6.66. The average molecular weight is 319 g/mol. The number of hydrogen-bond donors (Lipinski definition) is 2. The van der Waals surface area contributed by atoms with Crippen LogP contribution < -0.4 is 15.8 Å². The number of benzene rings is 1. The van der Waals surface area contributed by atoms with Crippen LogP contribution in [0.25, 0.3) is 0 Å². The van der Waals surface area contributed by atoms with Gasteiger partial charge in [-0.1, -0.05) is 37.5 Å². The van der Waals surface area contributed by atoms with Gasteiger partial charge in [-0.15, -0.1) is 0 Å². The number of rotatable bonds is 7. The van der Waals surface area contributed by atoms with Gasteiger partial charge in [0.25, 0.3) is 0 Å². The number of ether oxygens (including phenoxy) is 1. The quantitative estimate of drug-likeness (QED) is 0.805. The van der Waals surface area contributed by atoms with Crippen molar-refractivity contribution in [3.05, 3.63) is 29.8 Å². The number of carbonyl (C=O) groups excluding carboxylic acids is 1. The fourth-order valence-electron chi connectivity index (χ4n) is 2.89. The molecule has 1 aliphatic rings. The van der Waals surface area contributed by atoms with Crippen LogP contribution in [0.1, 0.15) is 37.7 Å². The Labute approximate surface area is 139 Å². The Bertz CT molecular complexity index is 511. The predicted octanol–water partition coefficient (Wildman–Crippen LogP) is 1.90. The summed E-state index contributed by atoms with van der Waals surface area (Å²) in [5.41, 5.74) is 6.56. The number of carbonyl (C=O) groups is 1. The fourth-order valence-corrected chi connectivity index (χ4v) is 2.89. The third kappa shape index (κ3) is 5.22. The van der Waals surface area contributed by atoms with Crippen LogP contribution in [0.15, 0.2) is 24.3 Å². The molecule has 23 heavy (non-hydrogen) atoms. The molecule has 0 atom stereocenters. The molecule has 1 aromatic carbocycles. The van der Waals surface area contributed by atoms with Gasteiger partial charge < -0.3 is 20.7 Å². The average Bonchev–Trinajstić information content (AvgIpc) is 2.54. The zero-order valence-corrected chi connectivity index (χ0v) is 14.3. The summed E-state index contributed by atoms with van der Waals surface area (Å²) >= 11 is 0. The molecule has 0 saturated heterocycles. The molecule has 0 unspecified atom stereocenters. The minimum absolute atomic E-state index is 0.0414. The molecule has 5 nitrogen and oxygen atoms in total. The van der Waals surface area contributed by atoms with E-state index in [1.807, 2.05) is 38.4 Å². The number of hydrogen-bond acceptors (Lipinski definition) is 4. The Morgan fingerprint density at radius 1 is 1.26 bits per heavy atom. The van der Waals surface area contributed by atoms with Gasteiger partial charge in [0.2, 0.25) is 5.91 Å². The Kier molecular flexibility index (Phi) is 6.42. The third-order valence-corrected chi connectivity index (χ3v) is 4.41. The summed E-state index contributed by atoms with van der Waals surface area (Å²) in [6.07, 6.45) is 4.80. The van der Waals surface area contributed by atoms with Gasteiger partial charge in [-0.25, -0.2) is 0 Å². The number of nitrogens with two attached hydrogens (primary N) is 1. The Balaban J connectivity index is 1.90. The molecule has 5 heteroatoms. The molecular formula is C18H29N3O2. The fraction of sp³-hybridized carbons (Fsp3) is 0.611. The molecule has 1 aromatic rings. The summed E-state index contributed by atoms with van der Waals surface area (Å²) in [7, 11) is 4.03. The Hall–Kier alpha value is -1.59. The molecule has 2 rings (SSSR count). The largest absolute Gasteiger partial charge is 0.492 e. The van der Waals surface area contributed by atoms with E-state index in [9.17, 15) is 4.79 Å². The molecule has 0 bridgehead atoms. The van der Waals surface area contributed by atoms with Crippen molar-refractivity contribution in [1.29, 1.82) is 0 Å². The van der Waals surface area contributed by atoms with Crippen LogP contribution >= 0.6 is 0 Å². The standard InChI is InChI=1S/C18H29N3O2/c1-21(2)12-13-23-16-9-5-4-8-15(16)14-20-17(22)18(19)10-6-3-7-11-18/h4-5,8-9H,3,6-7,10-14,19H2,1-2H3,(H,20,22). The third-order valence-electron chi connectivity index (χ3n) is 4.41. The first-order chi connectivity index (χ1) is 11.0. The Morgan fingerprint density at radius 2 is 1.96 bits per heavy atom. The van der Waals surface area contributed by atoms with E-state index in [2.05, 4.69) is 10.2 Å². The van der Waals surface area contributed by atoms with Gasteiger partial charge in [0.15, 0.2) is 0 Å². The molecule has 0 radical (unpaired) electrons. The van der Waals surface area contributed by atoms with Crippen molar-refractivity contribution in [2.45, 2.75) is 44.2 Å². The maximum absolute atomic E-state index is 12.4. The summed E-state index contributed by atoms with van der Waals surface area (Å²) in [5.74, 6) is 0.782. The van der Waals surface area contributed by atoms with Gasteiger partial charge in [-0.2, -0.15) is 0 Å². The Morgan fingerprint density at radius 3 is 2.65 bits per heavy atom. The zero-order chi connectivity index (χ0) is 16.7. The van der Waals surface area contributed by atoms with Crippen LogP contribution in [0.4, 0.5) is 0 Å². The smallest absolute Gasteiger partial charge is 0.240 e. The minimum Gasteiger partial charge on any atom is -0.492 e. The summed E-state index contributed by atoms with van der Waals surface area (Å²) in [5, 5.41) is 2.99. The second kappa shape index (κ2) is 8.31. The number of nitrogens with one attached hydrogen (secondary N) is 1. The van der Waals surface area contributed by atoms with Crippen molar-refractivity contribution in [2.75, 3.05) is 27.2 Å². The molecule has 1 fully saturated rings. The number of para-hydroxylation sites is 1. The lowest BCUT2D eigenvalue weighted by atomic mass is 9.82.